The summed E-state index contributed by atoms with van der Waals surface area (Å²) in [4.78, 5) is 19.5. The Morgan fingerprint density at radius 2 is 1.80 bits per heavy atom. The van der Waals surface area contributed by atoms with Gasteiger partial charge in [-0.15, -0.1) is 0 Å². The van der Waals surface area contributed by atoms with Crippen molar-refractivity contribution in [3.63, 3.8) is 0 Å². The molecule has 0 bridgehead atoms. The summed E-state index contributed by atoms with van der Waals surface area (Å²) in [5.74, 6) is -0.106. The third-order valence-corrected chi connectivity index (χ3v) is 4.84. The monoisotopic (exact) mass is 351 g/mol. The van der Waals surface area contributed by atoms with Gasteiger partial charge in [-0.05, 0) is 61.0 Å². The highest BCUT2D eigenvalue weighted by molar-refractivity contribution is 8.18. The van der Waals surface area contributed by atoms with Crippen molar-refractivity contribution >= 4 is 40.3 Å². The topological polar surface area (TPSA) is 44.7 Å². The second-order valence-electron chi connectivity index (χ2n) is 6.26. The maximum Gasteiger partial charge on any atom is 0.264 e. The molecule has 1 aliphatic rings. The SMILES string of the molecule is Cc1ccc(N=C2NC(=O)/C(=C/c3ccc(N(C)C)cc3)S2)c(C)c1. The zero-order valence-corrected chi connectivity index (χ0v) is 15.6. The summed E-state index contributed by atoms with van der Waals surface area (Å²) in [5, 5.41) is 3.46. The van der Waals surface area contributed by atoms with Gasteiger partial charge in [0.1, 0.15) is 0 Å². The molecule has 0 aliphatic carbocycles. The van der Waals surface area contributed by atoms with E-state index >= 15 is 0 Å². The van der Waals surface area contributed by atoms with Crippen LogP contribution in [0.2, 0.25) is 0 Å². The van der Waals surface area contributed by atoms with Crippen LogP contribution in [-0.2, 0) is 4.79 Å². The molecule has 0 aromatic heterocycles. The predicted octanol–water partition coefficient (Wildman–Crippen LogP) is 4.26. The molecule has 2 aromatic rings. The average Bonchev–Trinajstić information content (AvgIpc) is 2.90. The molecule has 0 radical (unpaired) electrons. The number of amidine groups is 1. The third-order valence-electron chi connectivity index (χ3n) is 3.93. The van der Waals surface area contributed by atoms with Gasteiger partial charge in [-0.25, -0.2) is 4.99 Å². The summed E-state index contributed by atoms with van der Waals surface area (Å²) in [6, 6.07) is 14.2. The Labute approximate surface area is 152 Å². The number of carbonyl (C=O) groups is 1. The number of anilines is 1. The molecule has 1 fully saturated rings. The number of carbonyl (C=O) groups excluding carboxylic acids is 1. The normalized spacial score (nSPS) is 17.2. The lowest BCUT2D eigenvalue weighted by Gasteiger charge is -2.11. The van der Waals surface area contributed by atoms with Crippen LogP contribution in [0.25, 0.3) is 6.08 Å². The zero-order valence-electron chi connectivity index (χ0n) is 14.8. The lowest BCUT2D eigenvalue weighted by atomic mass is 10.1. The summed E-state index contributed by atoms with van der Waals surface area (Å²) in [5.41, 5.74) is 5.30. The quantitative estimate of drug-likeness (QED) is 0.840. The third kappa shape index (κ3) is 4.12. The number of benzene rings is 2. The smallest absolute Gasteiger partial charge is 0.264 e. The molecule has 1 heterocycles. The van der Waals surface area contributed by atoms with Crippen LogP contribution in [0.15, 0.2) is 52.4 Å². The highest BCUT2D eigenvalue weighted by Gasteiger charge is 2.23. The van der Waals surface area contributed by atoms with Gasteiger partial charge in [-0.3, -0.25) is 4.79 Å². The minimum Gasteiger partial charge on any atom is -0.378 e. The maximum atomic E-state index is 12.2. The van der Waals surface area contributed by atoms with E-state index < -0.39 is 0 Å². The van der Waals surface area contributed by atoms with Crippen LogP contribution in [-0.4, -0.2) is 25.2 Å². The van der Waals surface area contributed by atoms with Crippen LogP contribution >= 0.6 is 11.8 Å². The molecule has 0 atom stereocenters. The van der Waals surface area contributed by atoms with Crippen molar-refractivity contribution < 1.29 is 4.79 Å². The molecule has 0 saturated carbocycles. The Kier molecular flexibility index (Phi) is 4.95. The van der Waals surface area contributed by atoms with Gasteiger partial charge in [-0.2, -0.15) is 0 Å². The largest absolute Gasteiger partial charge is 0.378 e. The van der Waals surface area contributed by atoms with Crippen molar-refractivity contribution in [1.29, 1.82) is 0 Å². The molecule has 25 heavy (non-hydrogen) atoms. The first-order valence-electron chi connectivity index (χ1n) is 8.06. The van der Waals surface area contributed by atoms with Gasteiger partial charge in [0.2, 0.25) is 0 Å². The Balaban J connectivity index is 1.81. The van der Waals surface area contributed by atoms with E-state index in [9.17, 15) is 4.79 Å². The molecule has 1 amide bonds. The first-order chi connectivity index (χ1) is 11.9. The molecule has 0 unspecified atom stereocenters. The van der Waals surface area contributed by atoms with Crippen molar-refractivity contribution in [2.75, 3.05) is 19.0 Å². The zero-order chi connectivity index (χ0) is 18.0. The summed E-state index contributed by atoms with van der Waals surface area (Å²) < 4.78 is 0. The van der Waals surface area contributed by atoms with Crippen LogP contribution in [0.1, 0.15) is 16.7 Å². The highest BCUT2D eigenvalue weighted by Crippen LogP contribution is 2.29. The molecule has 1 saturated heterocycles. The van der Waals surface area contributed by atoms with Gasteiger partial charge in [0.25, 0.3) is 5.91 Å². The second kappa shape index (κ2) is 7.15. The Bertz CT molecular complexity index is 867. The van der Waals surface area contributed by atoms with Gasteiger partial charge in [0.05, 0.1) is 10.6 Å². The van der Waals surface area contributed by atoms with Crippen LogP contribution in [0.3, 0.4) is 0 Å². The summed E-state index contributed by atoms with van der Waals surface area (Å²) in [6.07, 6.45) is 1.89. The second-order valence-corrected chi connectivity index (χ2v) is 7.29. The number of nitrogens with zero attached hydrogens (tertiary/aromatic N) is 2. The van der Waals surface area contributed by atoms with Crippen LogP contribution < -0.4 is 10.2 Å². The van der Waals surface area contributed by atoms with Crippen LogP contribution in [0.4, 0.5) is 11.4 Å². The van der Waals surface area contributed by atoms with Crippen LogP contribution in [0.5, 0.6) is 0 Å². The van der Waals surface area contributed by atoms with Crippen LogP contribution in [0, 0.1) is 13.8 Å². The lowest BCUT2D eigenvalue weighted by molar-refractivity contribution is -0.115. The van der Waals surface area contributed by atoms with Crippen molar-refractivity contribution in [2.24, 2.45) is 4.99 Å². The number of hydrogen-bond donors (Lipinski definition) is 1. The van der Waals surface area contributed by atoms with E-state index in [0.29, 0.717) is 10.1 Å². The van der Waals surface area contributed by atoms with Gasteiger partial charge < -0.3 is 10.2 Å². The number of aliphatic imine (C=N–C) groups is 1. The summed E-state index contributed by atoms with van der Waals surface area (Å²) >= 11 is 1.37. The van der Waals surface area contributed by atoms with Gasteiger partial charge in [0, 0.05) is 19.8 Å². The molecule has 3 rings (SSSR count). The number of hydrogen-bond acceptors (Lipinski definition) is 4. The van der Waals surface area contributed by atoms with Crippen molar-refractivity contribution in [3.8, 4) is 0 Å². The fourth-order valence-corrected chi connectivity index (χ4v) is 3.38. The van der Waals surface area contributed by atoms with Crippen molar-refractivity contribution in [2.45, 2.75) is 13.8 Å². The number of aryl methyl sites for hydroxylation is 2. The minimum atomic E-state index is -0.106. The number of thioether (sulfide) groups is 1. The maximum absolute atomic E-state index is 12.2. The molecule has 1 aliphatic heterocycles. The molecule has 5 heteroatoms. The van der Waals surface area contributed by atoms with Crippen molar-refractivity contribution in [1.82, 2.24) is 5.32 Å². The Hall–Kier alpha value is -2.53. The highest BCUT2D eigenvalue weighted by atomic mass is 32.2. The molecule has 2 aromatic carbocycles. The molecular formula is C20H21N3OS. The Morgan fingerprint density at radius 1 is 1.08 bits per heavy atom. The van der Waals surface area contributed by atoms with Gasteiger partial charge in [0.15, 0.2) is 5.17 Å². The average molecular weight is 351 g/mol. The molecule has 4 nitrogen and oxygen atoms in total. The fraction of sp³-hybridized carbons (Fsp3) is 0.200. The minimum absolute atomic E-state index is 0.106. The lowest BCUT2D eigenvalue weighted by Crippen LogP contribution is -2.19. The number of nitrogens with one attached hydrogen (secondary N) is 1. The Morgan fingerprint density at radius 3 is 2.44 bits per heavy atom. The molecule has 0 spiro atoms. The summed E-state index contributed by atoms with van der Waals surface area (Å²) in [6.45, 7) is 4.08. The van der Waals surface area contributed by atoms with E-state index in [-0.39, 0.29) is 5.91 Å². The van der Waals surface area contributed by atoms with E-state index in [4.69, 9.17) is 0 Å². The fourth-order valence-electron chi connectivity index (χ4n) is 2.54. The van der Waals surface area contributed by atoms with E-state index in [1.807, 2.05) is 68.4 Å². The van der Waals surface area contributed by atoms with E-state index in [2.05, 4.69) is 23.3 Å². The molecule has 1 N–H and O–H groups in total. The van der Waals surface area contributed by atoms with Gasteiger partial charge >= 0.3 is 0 Å². The summed E-state index contributed by atoms with van der Waals surface area (Å²) in [7, 11) is 4.01. The number of amides is 1. The first-order valence-corrected chi connectivity index (χ1v) is 8.88. The van der Waals surface area contributed by atoms with E-state index in [1.165, 1.54) is 17.3 Å². The first kappa shape index (κ1) is 17.3. The molecule has 128 valence electrons. The molecular weight excluding hydrogens is 330 g/mol. The van der Waals surface area contributed by atoms with Crippen molar-refractivity contribution in [3.05, 3.63) is 64.1 Å². The van der Waals surface area contributed by atoms with E-state index in [1.54, 1.807) is 0 Å². The van der Waals surface area contributed by atoms with E-state index in [0.717, 1.165) is 22.5 Å². The standard InChI is InChI=1S/C20H21N3OS/c1-13-5-10-17(14(2)11-13)21-20-22-19(24)18(25-20)12-15-6-8-16(9-7-15)23(3)4/h5-12H,1-4H3,(H,21,22,24)/b18-12-. The predicted molar refractivity (Wildman–Crippen MR) is 107 cm³/mol. The van der Waals surface area contributed by atoms with Gasteiger partial charge in [-0.1, -0.05) is 29.8 Å². The number of rotatable bonds is 3.